The Hall–Kier alpha value is -3.21. The summed E-state index contributed by atoms with van der Waals surface area (Å²) in [5.41, 5.74) is 5.81. The number of fused-ring (bicyclic) bond motifs is 1. The van der Waals surface area contributed by atoms with Crippen molar-refractivity contribution < 1.29 is 18.0 Å². The maximum atomic E-state index is 13.4. The minimum Gasteiger partial charge on any atom is -0.382 e. The highest BCUT2D eigenvalue weighted by Crippen LogP contribution is 2.35. The van der Waals surface area contributed by atoms with Crippen LogP contribution >= 0.6 is 11.3 Å². The molecule has 0 aliphatic heterocycles. The summed E-state index contributed by atoms with van der Waals surface area (Å²) in [7, 11) is 5.83. The molecule has 0 bridgehead atoms. The molecule has 146 valence electrons. The van der Waals surface area contributed by atoms with Crippen molar-refractivity contribution in [1.29, 1.82) is 0 Å². The average Bonchev–Trinajstić information content (AvgIpc) is 3.00. The largest absolute Gasteiger partial charge is 0.417 e. The van der Waals surface area contributed by atoms with Crippen LogP contribution in [0.5, 0.6) is 0 Å². The summed E-state index contributed by atoms with van der Waals surface area (Å²) >= 11 is 1.11. The molecule has 11 heteroatoms. The molecule has 6 nitrogen and oxygen atoms in total. The summed E-state index contributed by atoms with van der Waals surface area (Å²) in [6.07, 6.45) is -3.49. The van der Waals surface area contributed by atoms with Gasteiger partial charge in [-0.25, -0.2) is 0 Å². The quantitative estimate of drug-likeness (QED) is 0.291. The van der Waals surface area contributed by atoms with E-state index >= 15 is 0 Å². The number of amides is 1. The zero-order chi connectivity index (χ0) is 21.2. The van der Waals surface area contributed by atoms with E-state index in [4.69, 9.17) is 13.6 Å². The van der Waals surface area contributed by atoms with E-state index in [-0.39, 0.29) is 39.7 Å². The summed E-state index contributed by atoms with van der Waals surface area (Å²) in [5.74, 6) is -0.584. The minimum atomic E-state index is -4.58. The van der Waals surface area contributed by atoms with Crippen molar-refractivity contribution in [2.45, 2.75) is 12.6 Å². The lowest BCUT2D eigenvalue weighted by Crippen LogP contribution is -2.24. The topological polar surface area (TPSA) is 92.7 Å². The van der Waals surface area contributed by atoms with E-state index in [9.17, 15) is 18.0 Å². The zero-order valence-electron chi connectivity index (χ0n) is 14.8. The third-order valence-corrected chi connectivity index (χ3v) is 4.87. The van der Waals surface area contributed by atoms with E-state index in [0.717, 1.165) is 17.4 Å². The van der Waals surface area contributed by atoms with Gasteiger partial charge in [0.1, 0.15) is 12.8 Å². The van der Waals surface area contributed by atoms with Crippen LogP contribution in [0.25, 0.3) is 10.9 Å². The molecule has 3 rings (SSSR count). The lowest BCUT2D eigenvalue weighted by Gasteiger charge is -2.13. The normalized spacial score (nSPS) is 12.2. The molecule has 0 spiro atoms. The minimum absolute atomic E-state index is 0.0293. The second kappa shape index (κ2) is 8.04. The number of benzene rings is 1. The maximum Gasteiger partial charge on any atom is 0.417 e. The van der Waals surface area contributed by atoms with Crippen LogP contribution in [0.15, 0.2) is 46.0 Å². The van der Waals surface area contributed by atoms with Crippen LogP contribution in [-0.4, -0.2) is 31.3 Å². The highest BCUT2D eigenvalue weighted by Gasteiger charge is 2.33. The first-order valence-electron chi connectivity index (χ1n) is 8.12. The van der Waals surface area contributed by atoms with Crippen LogP contribution < -0.4 is 16.5 Å². The predicted octanol–water partition coefficient (Wildman–Crippen LogP) is 2.61. The molecular formula is C18H13BF3N5OS. The number of pyridine rings is 1. The molecule has 0 aliphatic carbocycles. The number of halogens is 3. The summed E-state index contributed by atoms with van der Waals surface area (Å²) in [6, 6.07) is 5.16. The third kappa shape index (κ3) is 4.45. The van der Waals surface area contributed by atoms with Crippen LogP contribution in [0.2, 0.25) is 0 Å². The number of nitrogens with one attached hydrogen (secondary N) is 1. The van der Waals surface area contributed by atoms with Crippen LogP contribution in [0.3, 0.4) is 0 Å². The van der Waals surface area contributed by atoms with Gasteiger partial charge in [0.25, 0.3) is 0 Å². The van der Waals surface area contributed by atoms with Crippen LogP contribution in [0.4, 0.5) is 18.2 Å². The van der Waals surface area contributed by atoms with Crippen molar-refractivity contribution in [3.63, 3.8) is 0 Å². The lowest BCUT2D eigenvalue weighted by molar-refractivity contribution is -0.136. The number of nitrogens with zero attached hydrogens (tertiary/aromatic N) is 3. The number of carbonyl (C=O) groups excluding carboxylic acids is 1. The summed E-state index contributed by atoms with van der Waals surface area (Å²) < 4.78 is 40.3. The molecular weight excluding hydrogens is 402 g/mol. The Bertz CT molecular complexity index is 1130. The number of alkyl halides is 3. The molecule has 2 radical (unpaired) electrons. The Morgan fingerprint density at radius 1 is 1.38 bits per heavy atom. The van der Waals surface area contributed by atoms with Gasteiger partial charge in [-0.3, -0.25) is 9.78 Å². The molecule has 2 aromatic heterocycles. The number of hydrogen-bond donors (Lipinski definition) is 2. The Morgan fingerprint density at radius 2 is 2.14 bits per heavy atom. The molecule has 0 aliphatic rings. The fourth-order valence-electron chi connectivity index (χ4n) is 2.79. The summed E-state index contributed by atoms with van der Waals surface area (Å²) in [5, 5.41) is 11.4. The first-order valence-corrected chi connectivity index (χ1v) is 9.00. The Kier molecular flexibility index (Phi) is 5.69. The molecule has 0 saturated heterocycles. The molecule has 1 aromatic carbocycles. The maximum absolute atomic E-state index is 13.4. The highest BCUT2D eigenvalue weighted by molar-refractivity contribution is 7.15. The van der Waals surface area contributed by atoms with Gasteiger partial charge in [0.15, 0.2) is 5.84 Å². The molecule has 1 amide bonds. The number of thiophene rings is 1. The first-order chi connectivity index (χ1) is 13.7. The lowest BCUT2D eigenvalue weighted by atomic mass is 9.94. The number of anilines is 1. The van der Waals surface area contributed by atoms with E-state index < -0.39 is 17.6 Å². The van der Waals surface area contributed by atoms with Gasteiger partial charge in [-0.15, -0.1) is 16.4 Å². The molecule has 2 heterocycles. The van der Waals surface area contributed by atoms with Crippen LogP contribution in [0, 0.1) is 0 Å². The molecule has 0 saturated carbocycles. The fraction of sp³-hybridized carbons (Fsp3) is 0.111. The van der Waals surface area contributed by atoms with E-state index in [0.29, 0.717) is 5.00 Å². The number of carbonyl (C=O) groups is 1. The van der Waals surface area contributed by atoms with Gasteiger partial charge in [0.05, 0.1) is 17.5 Å². The molecule has 3 N–H and O–H groups in total. The van der Waals surface area contributed by atoms with E-state index in [1.54, 1.807) is 5.38 Å². The molecule has 3 aromatic rings. The standard InChI is InChI=1S/C18H13BF3N5OS/c1-24-27-16(23)15-12(19)8-29-17(15)26-14(28)7-9-5-11(18(20,21)22)10-3-2-4-25-13(10)6-9/h2-6,8H,1,7H2,(H2,23,27)(H,26,28). The van der Waals surface area contributed by atoms with Gasteiger partial charge in [-0.05, 0) is 29.1 Å². The number of nitrogens with two attached hydrogens (primary N) is 1. The van der Waals surface area contributed by atoms with E-state index in [2.05, 4.69) is 27.2 Å². The van der Waals surface area contributed by atoms with Crippen molar-refractivity contribution in [3.8, 4) is 0 Å². The van der Waals surface area contributed by atoms with Crippen molar-refractivity contribution >= 4 is 59.0 Å². The van der Waals surface area contributed by atoms with Gasteiger partial charge in [-0.1, -0.05) is 11.5 Å². The fourth-order valence-corrected chi connectivity index (χ4v) is 3.66. The van der Waals surface area contributed by atoms with Crippen LogP contribution in [0.1, 0.15) is 16.7 Å². The van der Waals surface area contributed by atoms with Gasteiger partial charge in [-0.2, -0.15) is 18.3 Å². The monoisotopic (exact) mass is 415 g/mol. The van der Waals surface area contributed by atoms with Crippen molar-refractivity contribution in [2.24, 2.45) is 15.9 Å². The zero-order valence-corrected chi connectivity index (χ0v) is 15.6. The SMILES string of the molecule is [B]c1csc(NC(=O)Cc2cc(C(F)(F)F)c3cccnc3c2)c1/C(N)=N/N=C. The van der Waals surface area contributed by atoms with E-state index in [1.807, 2.05) is 0 Å². The van der Waals surface area contributed by atoms with Gasteiger partial charge in [0, 0.05) is 23.9 Å². The third-order valence-electron chi connectivity index (χ3n) is 3.96. The Morgan fingerprint density at radius 3 is 2.83 bits per heavy atom. The first kappa shape index (κ1) is 20.5. The van der Waals surface area contributed by atoms with Crippen molar-refractivity contribution in [3.05, 3.63) is 52.5 Å². The van der Waals surface area contributed by atoms with Gasteiger partial charge >= 0.3 is 6.18 Å². The number of aromatic nitrogens is 1. The molecule has 0 unspecified atom stereocenters. The number of amidine groups is 1. The Labute approximate surface area is 168 Å². The number of hydrogen-bond acceptors (Lipinski definition) is 5. The average molecular weight is 415 g/mol. The highest BCUT2D eigenvalue weighted by atomic mass is 32.1. The van der Waals surface area contributed by atoms with Crippen LogP contribution in [-0.2, 0) is 17.4 Å². The smallest absolute Gasteiger partial charge is 0.382 e. The summed E-state index contributed by atoms with van der Waals surface area (Å²) in [4.78, 5) is 16.4. The molecule has 29 heavy (non-hydrogen) atoms. The van der Waals surface area contributed by atoms with Crippen molar-refractivity contribution in [1.82, 2.24) is 4.98 Å². The van der Waals surface area contributed by atoms with Gasteiger partial charge < -0.3 is 11.1 Å². The second-order valence-corrected chi connectivity index (χ2v) is 6.84. The van der Waals surface area contributed by atoms with Crippen molar-refractivity contribution in [2.75, 3.05) is 5.32 Å². The van der Waals surface area contributed by atoms with Gasteiger partial charge in [0.2, 0.25) is 5.91 Å². The molecule has 0 fully saturated rings. The predicted molar refractivity (Wildman–Crippen MR) is 109 cm³/mol. The summed E-state index contributed by atoms with van der Waals surface area (Å²) in [6.45, 7) is 3.20. The second-order valence-electron chi connectivity index (χ2n) is 5.96. The Balaban J connectivity index is 1.90. The van der Waals surface area contributed by atoms with E-state index in [1.165, 1.54) is 24.4 Å². The molecule has 0 atom stereocenters. The number of rotatable bonds is 5.